The quantitative estimate of drug-likeness (QED) is 0.348. The Labute approximate surface area is 172 Å². The molecule has 0 saturated carbocycles. The average molecular weight is 427 g/mol. The maximum atomic E-state index is 12.5. The predicted octanol–water partition coefficient (Wildman–Crippen LogP) is -2.44. The minimum Gasteiger partial charge on any atom is -0.442 e. The summed E-state index contributed by atoms with van der Waals surface area (Å²) in [6.07, 6.45) is 0. The zero-order chi connectivity index (χ0) is 21.1. The fourth-order valence-corrected chi connectivity index (χ4v) is 4.39. The fourth-order valence-electron chi connectivity index (χ4n) is 3.48. The number of ether oxygens (including phenoxy) is 1. The van der Waals surface area contributed by atoms with Gasteiger partial charge in [-0.25, -0.2) is 9.69 Å². The first-order valence-corrected chi connectivity index (χ1v) is 10.5. The third kappa shape index (κ3) is 5.13. The fraction of sp³-hybridized carbons (Fsp3) is 0.706. The molecule has 0 spiro atoms. The summed E-state index contributed by atoms with van der Waals surface area (Å²) >= 11 is 1.42. The van der Waals surface area contributed by atoms with E-state index in [1.54, 1.807) is 9.80 Å². The number of esters is 1. The molecule has 4 amide bonds. The third-order valence-corrected chi connectivity index (χ3v) is 6.50. The van der Waals surface area contributed by atoms with Crippen molar-refractivity contribution in [3.05, 3.63) is 0 Å². The number of thioether (sulfide) groups is 1. The van der Waals surface area contributed by atoms with E-state index in [0.717, 1.165) is 10.7 Å². The summed E-state index contributed by atoms with van der Waals surface area (Å²) in [7, 11) is 0. The van der Waals surface area contributed by atoms with Gasteiger partial charge in [0.1, 0.15) is 0 Å². The van der Waals surface area contributed by atoms with Crippen molar-refractivity contribution >= 4 is 41.4 Å². The Hall–Kier alpha value is -2.02. The molecule has 29 heavy (non-hydrogen) atoms. The Morgan fingerprint density at radius 3 is 2.10 bits per heavy atom. The van der Waals surface area contributed by atoms with Gasteiger partial charge in [0.05, 0.1) is 26.2 Å². The van der Waals surface area contributed by atoms with Gasteiger partial charge in [-0.1, -0.05) is 0 Å². The normalized spacial score (nSPS) is 26.4. The second-order valence-electron chi connectivity index (χ2n) is 7.28. The number of nitrogens with one attached hydrogen (secondary N) is 2. The molecular formula is C17H25N5O6S. The third-order valence-electron chi connectivity index (χ3n) is 5.37. The van der Waals surface area contributed by atoms with Gasteiger partial charge in [0, 0.05) is 24.4 Å². The van der Waals surface area contributed by atoms with E-state index in [1.807, 2.05) is 13.8 Å². The van der Waals surface area contributed by atoms with Crippen LogP contribution < -0.4 is 10.6 Å². The molecule has 3 aliphatic rings. The molecule has 3 heterocycles. The lowest BCUT2D eigenvalue weighted by Gasteiger charge is -2.41. The van der Waals surface area contributed by atoms with Crippen LogP contribution in [0, 0.1) is 0 Å². The number of hydrogen-bond acceptors (Lipinski definition) is 10. The molecule has 3 saturated heterocycles. The topological polar surface area (TPSA) is 128 Å². The maximum Gasteiger partial charge on any atom is 0.335 e. The van der Waals surface area contributed by atoms with Gasteiger partial charge in [0.2, 0.25) is 23.6 Å². The van der Waals surface area contributed by atoms with Gasteiger partial charge in [-0.2, -0.15) is 0 Å². The molecule has 0 aromatic carbocycles. The number of piperazine rings is 2. The smallest absolute Gasteiger partial charge is 0.335 e. The van der Waals surface area contributed by atoms with Crippen LogP contribution >= 0.6 is 11.8 Å². The highest BCUT2D eigenvalue weighted by Crippen LogP contribution is 2.18. The Morgan fingerprint density at radius 2 is 1.59 bits per heavy atom. The van der Waals surface area contributed by atoms with Crippen LogP contribution in [0.2, 0.25) is 0 Å². The lowest BCUT2D eigenvalue weighted by molar-refractivity contribution is -0.165. The van der Waals surface area contributed by atoms with Crippen LogP contribution in [0.4, 0.5) is 0 Å². The van der Waals surface area contributed by atoms with Gasteiger partial charge in [-0.15, -0.1) is 11.8 Å². The van der Waals surface area contributed by atoms with Gasteiger partial charge < -0.3 is 4.74 Å². The van der Waals surface area contributed by atoms with Crippen LogP contribution in [-0.4, -0.2) is 107 Å². The van der Waals surface area contributed by atoms with E-state index < -0.39 is 29.9 Å². The molecule has 3 unspecified atom stereocenters. The van der Waals surface area contributed by atoms with Crippen molar-refractivity contribution in [1.29, 1.82) is 0 Å². The number of imide groups is 2. The second kappa shape index (κ2) is 9.20. The van der Waals surface area contributed by atoms with Crippen LogP contribution in [0.15, 0.2) is 0 Å². The summed E-state index contributed by atoms with van der Waals surface area (Å²) in [5, 5.41) is 4.76. The number of hydrogen-bond donors (Lipinski definition) is 2. The van der Waals surface area contributed by atoms with Gasteiger partial charge in [0.25, 0.3) is 0 Å². The first-order valence-electron chi connectivity index (χ1n) is 9.42. The zero-order valence-corrected chi connectivity index (χ0v) is 17.2. The maximum absolute atomic E-state index is 12.5. The van der Waals surface area contributed by atoms with Crippen molar-refractivity contribution < 1.29 is 28.7 Å². The average Bonchev–Trinajstić information content (AvgIpc) is 3.20. The molecule has 160 valence electrons. The molecule has 0 bridgehead atoms. The highest BCUT2D eigenvalue weighted by Gasteiger charge is 2.38. The highest BCUT2D eigenvalue weighted by molar-refractivity contribution is 8.00. The van der Waals surface area contributed by atoms with E-state index in [0.29, 0.717) is 6.54 Å². The zero-order valence-electron chi connectivity index (χ0n) is 16.4. The molecular weight excluding hydrogens is 402 g/mol. The lowest BCUT2D eigenvalue weighted by Crippen LogP contribution is -2.62. The Balaban J connectivity index is 1.53. The number of nitrogens with zero attached hydrogens (tertiary/aromatic N) is 3. The molecule has 0 aromatic rings. The first-order chi connectivity index (χ1) is 13.8. The summed E-state index contributed by atoms with van der Waals surface area (Å²) in [5.74, 6) is -1.33. The highest BCUT2D eigenvalue weighted by atomic mass is 32.2. The minimum atomic E-state index is -0.495. The van der Waals surface area contributed by atoms with E-state index in [4.69, 9.17) is 4.74 Å². The van der Waals surface area contributed by atoms with Crippen LogP contribution in [0.3, 0.4) is 0 Å². The number of rotatable bonds is 6. The summed E-state index contributed by atoms with van der Waals surface area (Å²) in [4.78, 5) is 64.5. The van der Waals surface area contributed by atoms with Crippen LogP contribution in [-0.2, 0) is 28.7 Å². The van der Waals surface area contributed by atoms with Crippen LogP contribution in [0.5, 0.6) is 0 Å². The van der Waals surface area contributed by atoms with E-state index >= 15 is 0 Å². The van der Waals surface area contributed by atoms with Gasteiger partial charge in [-0.05, 0) is 13.8 Å². The Morgan fingerprint density at radius 1 is 1.03 bits per heavy atom. The lowest BCUT2D eigenvalue weighted by atomic mass is 10.1. The molecule has 3 rings (SSSR count). The van der Waals surface area contributed by atoms with Crippen LogP contribution in [0.1, 0.15) is 13.8 Å². The molecule has 3 fully saturated rings. The van der Waals surface area contributed by atoms with E-state index in [-0.39, 0.29) is 50.1 Å². The number of carbonyl (C=O) groups excluding carboxylic acids is 5. The van der Waals surface area contributed by atoms with Crippen molar-refractivity contribution in [2.75, 3.05) is 45.2 Å². The number of carbonyl (C=O) groups is 5. The molecule has 2 N–H and O–H groups in total. The van der Waals surface area contributed by atoms with Gasteiger partial charge in [-0.3, -0.25) is 39.6 Å². The molecule has 12 heteroatoms. The summed E-state index contributed by atoms with van der Waals surface area (Å²) in [6, 6.07) is -0.467. The second-order valence-corrected chi connectivity index (χ2v) is 8.49. The molecule has 0 radical (unpaired) electrons. The molecule has 0 aromatic heterocycles. The first kappa shape index (κ1) is 21.7. The Kier molecular flexibility index (Phi) is 6.88. The van der Waals surface area contributed by atoms with Crippen molar-refractivity contribution in [3.8, 4) is 0 Å². The van der Waals surface area contributed by atoms with E-state index in [9.17, 15) is 24.0 Å². The molecule has 0 aliphatic carbocycles. The van der Waals surface area contributed by atoms with Crippen molar-refractivity contribution in [3.63, 3.8) is 0 Å². The van der Waals surface area contributed by atoms with E-state index in [2.05, 4.69) is 10.6 Å². The van der Waals surface area contributed by atoms with E-state index in [1.165, 1.54) is 11.8 Å². The van der Waals surface area contributed by atoms with Crippen LogP contribution in [0.25, 0.3) is 0 Å². The SMILES string of the molecule is CC(C(C)N1CC(=O)N(COC(=O)C2NCCS2)C(=O)C1)N1CC(=O)NC(=O)C1. The standard InChI is InChI=1S/C17H25N5O6S/c1-10(20-5-12(23)19-13(24)6-20)11(2)21-7-14(25)22(15(26)8-21)9-28-17(27)16-18-3-4-29-16/h10-11,16,18H,3-9H2,1-2H3,(H,19,23,24). The van der Waals surface area contributed by atoms with Gasteiger partial charge >= 0.3 is 5.97 Å². The molecule has 3 atom stereocenters. The van der Waals surface area contributed by atoms with Crippen molar-refractivity contribution in [2.24, 2.45) is 0 Å². The molecule has 11 nitrogen and oxygen atoms in total. The predicted molar refractivity (Wildman–Crippen MR) is 102 cm³/mol. The number of amides is 4. The summed E-state index contributed by atoms with van der Waals surface area (Å²) in [5.41, 5.74) is 0. The van der Waals surface area contributed by atoms with Gasteiger partial charge in [0.15, 0.2) is 12.1 Å². The summed E-state index contributed by atoms with van der Waals surface area (Å²) in [6.45, 7) is 4.16. The minimum absolute atomic E-state index is 0.0147. The van der Waals surface area contributed by atoms with Crippen molar-refractivity contribution in [2.45, 2.75) is 31.3 Å². The largest absolute Gasteiger partial charge is 0.442 e. The Bertz CT molecular complexity index is 678. The monoisotopic (exact) mass is 427 g/mol. The molecule has 3 aliphatic heterocycles. The van der Waals surface area contributed by atoms with Crippen molar-refractivity contribution in [1.82, 2.24) is 25.3 Å². The summed E-state index contributed by atoms with van der Waals surface area (Å²) < 4.78 is 5.12.